The molecule has 0 bridgehead atoms. The summed E-state index contributed by atoms with van der Waals surface area (Å²) in [6.45, 7) is 6.23. The maximum absolute atomic E-state index is 11.2. The van der Waals surface area contributed by atoms with Gasteiger partial charge >= 0.3 is 5.97 Å². The fourth-order valence-corrected chi connectivity index (χ4v) is 1.82. The Hall–Kier alpha value is -1.31. The molecule has 0 fully saturated rings. The molecule has 0 saturated carbocycles. The molecule has 0 heterocycles. The summed E-state index contributed by atoms with van der Waals surface area (Å²) in [4.78, 5) is 11.2. The van der Waals surface area contributed by atoms with Gasteiger partial charge in [0, 0.05) is 0 Å². The average molecular weight is 220 g/mol. The van der Waals surface area contributed by atoms with E-state index >= 15 is 0 Å². The SMILES string of the molecule is Cc1cccc(C(CCC(C)C)C(=O)O)c1. The number of hydrogen-bond acceptors (Lipinski definition) is 1. The van der Waals surface area contributed by atoms with Crippen LogP contribution in [-0.4, -0.2) is 11.1 Å². The molecule has 1 rings (SSSR count). The van der Waals surface area contributed by atoms with Crippen LogP contribution in [0, 0.1) is 12.8 Å². The quantitative estimate of drug-likeness (QED) is 0.823. The second-order valence-corrected chi connectivity index (χ2v) is 4.78. The summed E-state index contributed by atoms with van der Waals surface area (Å²) < 4.78 is 0. The molecular weight excluding hydrogens is 200 g/mol. The largest absolute Gasteiger partial charge is 0.481 e. The van der Waals surface area contributed by atoms with Crippen molar-refractivity contribution in [3.63, 3.8) is 0 Å². The van der Waals surface area contributed by atoms with Crippen molar-refractivity contribution >= 4 is 5.97 Å². The highest BCUT2D eigenvalue weighted by molar-refractivity contribution is 5.76. The Labute approximate surface area is 97.3 Å². The van der Waals surface area contributed by atoms with E-state index in [-0.39, 0.29) is 5.92 Å². The molecular formula is C14H20O2. The zero-order valence-electron chi connectivity index (χ0n) is 10.2. The minimum Gasteiger partial charge on any atom is -0.481 e. The second kappa shape index (κ2) is 5.69. The first-order chi connectivity index (χ1) is 7.50. The minimum atomic E-state index is -0.716. The summed E-state index contributed by atoms with van der Waals surface area (Å²) in [7, 11) is 0. The first-order valence-corrected chi connectivity index (χ1v) is 5.80. The lowest BCUT2D eigenvalue weighted by atomic mass is 9.91. The third-order valence-corrected chi connectivity index (χ3v) is 2.78. The summed E-state index contributed by atoms with van der Waals surface area (Å²) >= 11 is 0. The molecule has 0 radical (unpaired) electrons. The van der Waals surface area contributed by atoms with Crippen molar-refractivity contribution in [1.29, 1.82) is 0 Å². The van der Waals surface area contributed by atoms with Crippen LogP contribution in [0.5, 0.6) is 0 Å². The van der Waals surface area contributed by atoms with E-state index in [1.54, 1.807) is 0 Å². The lowest BCUT2D eigenvalue weighted by molar-refractivity contribution is -0.139. The van der Waals surface area contributed by atoms with Crippen LogP contribution in [0.25, 0.3) is 0 Å². The topological polar surface area (TPSA) is 37.3 Å². The number of carboxylic acid groups (broad SMARTS) is 1. The number of rotatable bonds is 5. The first-order valence-electron chi connectivity index (χ1n) is 5.80. The van der Waals surface area contributed by atoms with Gasteiger partial charge in [0.1, 0.15) is 0 Å². The van der Waals surface area contributed by atoms with Gasteiger partial charge in [-0.05, 0) is 31.2 Å². The molecule has 1 atom stereocenters. The summed E-state index contributed by atoms with van der Waals surface area (Å²) in [5, 5.41) is 9.23. The van der Waals surface area contributed by atoms with Gasteiger partial charge in [0.25, 0.3) is 0 Å². The molecule has 0 aliphatic carbocycles. The van der Waals surface area contributed by atoms with E-state index in [1.165, 1.54) is 0 Å². The molecule has 1 unspecified atom stereocenters. The van der Waals surface area contributed by atoms with Crippen molar-refractivity contribution in [3.8, 4) is 0 Å². The number of benzene rings is 1. The van der Waals surface area contributed by atoms with Gasteiger partial charge in [-0.15, -0.1) is 0 Å². The normalized spacial score (nSPS) is 12.8. The monoisotopic (exact) mass is 220 g/mol. The van der Waals surface area contributed by atoms with E-state index in [0.717, 1.165) is 24.0 Å². The lowest BCUT2D eigenvalue weighted by Crippen LogP contribution is -2.12. The first kappa shape index (κ1) is 12.8. The molecule has 16 heavy (non-hydrogen) atoms. The molecule has 2 heteroatoms. The standard InChI is InChI=1S/C14H20O2/c1-10(2)7-8-13(14(15)16)12-6-4-5-11(3)9-12/h4-6,9-10,13H,7-8H2,1-3H3,(H,15,16). The Morgan fingerprint density at radius 3 is 2.50 bits per heavy atom. The Bertz CT molecular complexity index is 356. The number of carboxylic acids is 1. The van der Waals surface area contributed by atoms with E-state index in [4.69, 9.17) is 0 Å². The zero-order chi connectivity index (χ0) is 12.1. The fraction of sp³-hybridized carbons (Fsp3) is 0.500. The molecule has 2 nitrogen and oxygen atoms in total. The summed E-state index contributed by atoms with van der Waals surface area (Å²) in [5.74, 6) is -0.528. The molecule has 0 spiro atoms. The summed E-state index contributed by atoms with van der Waals surface area (Å²) in [5.41, 5.74) is 2.04. The van der Waals surface area contributed by atoms with E-state index in [2.05, 4.69) is 13.8 Å². The van der Waals surface area contributed by atoms with Crippen LogP contribution in [-0.2, 0) is 4.79 Å². The summed E-state index contributed by atoms with van der Waals surface area (Å²) in [6, 6.07) is 7.80. The Kier molecular flexibility index (Phi) is 4.53. The Morgan fingerprint density at radius 1 is 1.31 bits per heavy atom. The maximum Gasteiger partial charge on any atom is 0.310 e. The van der Waals surface area contributed by atoms with E-state index in [0.29, 0.717) is 5.92 Å². The molecule has 88 valence electrons. The van der Waals surface area contributed by atoms with Crippen LogP contribution in [0.4, 0.5) is 0 Å². The van der Waals surface area contributed by atoms with Crippen LogP contribution in [0.15, 0.2) is 24.3 Å². The minimum absolute atomic E-state index is 0.359. The predicted octanol–water partition coefficient (Wildman–Crippen LogP) is 3.60. The van der Waals surface area contributed by atoms with Gasteiger partial charge in [0.05, 0.1) is 5.92 Å². The van der Waals surface area contributed by atoms with Crippen molar-refractivity contribution in [2.45, 2.75) is 39.5 Å². The number of carbonyl (C=O) groups is 1. The van der Waals surface area contributed by atoms with Crippen molar-refractivity contribution in [2.24, 2.45) is 5.92 Å². The molecule has 1 aromatic carbocycles. The van der Waals surface area contributed by atoms with Gasteiger partial charge < -0.3 is 5.11 Å². The maximum atomic E-state index is 11.2. The van der Waals surface area contributed by atoms with Crippen LogP contribution in [0.1, 0.15) is 43.7 Å². The van der Waals surface area contributed by atoms with Gasteiger partial charge in [-0.25, -0.2) is 0 Å². The van der Waals surface area contributed by atoms with Gasteiger partial charge in [0.15, 0.2) is 0 Å². The van der Waals surface area contributed by atoms with Gasteiger partial charge in [-0.2, -0.15) is 0 Å². The number of aliphatic carboxylic acids is 1. The third-order valence-electron chi connectivity index (χ3n) is 2.78. The Balaban J connectivity index is 2.81. The van der Waals surface area contributed by atoms with Gasteiger partial charge in [-0.1, -0.05) is 43.7 Å². The van der Waals surface area contributed by atoms with Crippen LogP contribution in [0.2, 0.25) is 0 Å². The fourth-order valence-electron chi connectivity index (χ4n) is 1.82. The highest BCUT2D eigenvalue weighted by Gasteiger charge is 2.19. The number of hydrogen-bond donors (Lipinski definition) is 1. The van der Waals surface area contributed by atoms with Gasteiger partial charge in [-0.3, -0.25) is 4.79 Å². The van der Waals surface area contributed by atoms with Gasteiger partial charge in [0.2, 0.25) is 0 Å². The van der Waals surface area contributed by atoms with Crippen molar-refractivity contribution < 1.29 is 9.90 Å². The molecule has 1 aromatic rings. The predicted molar refractivity (Wildman–Crippen MR) is 65.6 cm³/mol. The molecule has 0 amide bonds. The van der Waals surface area contributed by atoms with Crippen molar-refractivity contribution in [3.05, 3.63) is 35.4 Å². The molecule has 0 aromatic heterocycles. The lowest BCUT2D eigenvalue weighted by Gasteiger charge is -2.14. The number of aryl methyl sites for hydroxylation is 1. The Morgan fingerprint density at radius 2 is 2.00 bits per heavy atom. The summed E-state index contributed by atoms with van der Waals surface area (Å²) in [6.07, 6.45) is 1.67. The van der Waals surface area contributed by atoms with Crippen LogP contribution >= 0.6 is 0 Å². The van der Waals surface area contributed by atoms with E-state index < -0.39 is 5.97 Å². The molecule has 0 aliphatic heterocycles. The second-order valence-electron chi connectivity index (χ2n) is 4.78. The van der Waals surface area contributed by atoms with Crippen molar-refractivity contribution in [1.82, 2.24) is 0 Å². The van der Waals surface area contributed by atoms with Crippen LogP contribution < -0.4 is 0 Å². The molecule has 0 aliphatic rings. The van der Waals surface area contributed by atoms with Crippen LogP contribution in [0.3, 0.4) is 0 Å². The average Bonchev–Trinajstić information content (AvgIpc) is 2.17. The highest BCUT2D eigenvalue weighted by Crippen LogP contribution is 2.24. The smallest absolute Gasteiger partial charge is 0.310 e. The van der Waals surface area contributed by atoms with E-state index in [1.807, 2.05) is 31.2 Å². The molecule has 0 saturated heterocycles. The molecule has 1 N–H and O–H groups in total. The zero-order valence-corrected chi connectivity index (χ0v) is 10.2. The highest BCUT2D eigenvalue weighted by atomic mass is 16.4. The van der Waals surface area contributed by atoms with E-state index in [9.17, 15) is 9.90 Å². The third kappa shape index (κ3) is 3.69. The van der Waals surface area contributed by atoms with Crippen molar-refractivity contribution in [2.75, 3.05) is 0 Å².